The van der Waals surface area contributed by atoms with E-state index >= 15 is 0 Å². The van der Waals surface area contributed by atoms with Crippen molar-refractivity contribution in [2.75, 3.05) is 0 Å². The van der Waals surface area contributed by atoms with Crippen molar-refractivity contribution in [1.82, 2.24) is 0 Å². The molecule has 0 aromatic heterocycles. The summed E-state index contributed by atoms with van der Waals surface area (Å²) in [7, 11) is 0. The molecule has 0 aliphatic carbocycles. The summed E-state index contributed by atoms with van der Waals surface area (Å²) < 4.78 is 0. The second-order valence-electron chi connectivity index (χ2n) is 4.70. The number of carbonyl (C=O) groups excluding carboxylic acids is 2. The molecule has 0 aromatic rings. The van der Waals surface area contributed by atoms with E-state index in [1.807, 2.05) is 0 Å². The van der Waals surface area contributed by atoms with Crippen molar-refractivity contribution >= 4 is 12.6 Å². The Bertz CT molecular complexity index is 278. The molecule has 0 aromatic carbocycles. The van der Waals surface area contributed by atoms with Crippen molar-refractivity contribution in [3.8, 4) is 0 Å². The van der Waals surface area contributed by atoms with Crippen molar-refractivity contribution < 1.29 is 50.4 Å². The van der Waals surface area contributed by atoms with Crippen LogP contribution in [0.2, 0.25) is 0 Å². The first-order valence-electron chi connectivity index (χ1n) is 6.36. The van der Waals surface area contributed by atoms with Crippen molar-refractivity contribution in [3.63, 3.8) is 0 Å². The maximum atomic E-state index is 9.87. The summed E-state index contributed by atoms with van der Waals surface area (Å²) in [5, 5.41) is 70.2. The Balaban J connectivity index is 0. The Morgan fingerprint density at radius 2 is 0.773 bits per heavy atom. The molecule has 10 nitrogen and oxygen atoms in total. The van der Waals surface area contributed by atoms with Gasteiger partial charge in [0.2, 0.25) is 0 Å². The topological polar surface area (TPSA) is 196 Å². The molecule has 132 valence electrons. The smallest absolute Gasteiger partial charge is 0.151 e. The lowest BCUT2D eigenvalue weighted by molar-refractivity contribution is -0.132. The zero-order valence-corrected chi connectivity index (χ0v) is 12.2. The van der Waals surface area contributed by atoms with E-state index in [9.17, 15) is 9.59 Å². The molecule has 0 unspecified atom stereocenters. The Labute approximate surface area is 126 Å². The zero-order chi connectivity index (χ0) is 18.0. The molecule has 0 spiro atoms. The first kappa shape index (κ1) is 23.3. The van der Waals surface area contributed by atoms with Crippen LogP contribution >= 0.6 is 0 Å². The standard InChI is InChI=1S/2C6H12O5/c2*1-3(8)5(10)6(11)4(9)2-7/h2*2-6,8-11H,1H3/t2*3-,4-,5-,6-/m11/s1. The minimum Gasteiger partial charge on any atom is -0.391 e. The third-order valence-electron chi connectivity index (χ3n) is 2.67. The van der Waals surface area contributed by atoms with E-state index in [4.69, 9.17) is 40.9 Å². The van der Waals surface area contributed by atoms with Gasteiger partial charge in [0.15, 0.2) is 12.6 Å². The second-order valence-corrected chi connectivity index (χ2v) is 4.70. The summed E-state index contributed by atoms with van der Waals surface area (Å²) in [6, 6.07) is 0. The number of carbonyl (C=O) groups is 2. The van der Waals surface area contributed by atoms with Crippen molar-refractivity contribution in [2.45, 2.75) is 62.7 Å². The van der Waals surface area contributed by atoms with Crippen molar-refractivity contribution in [3.05, 3.63) is 0 Å². The first-order valence-corrected chi connectivity index (χ1v) is 6.36. The van der Waals surface area contributed by atoms with E-state index in [0.717, 1.165) is 0 Å². The lowest BCUT2D eigenvalue weighted by Gasteiger charge is -2.21. The van der Waals surface area contributed by atoms with Gasteiger partial charge >= 0.3 is 0 Å². The molecule has 22 heavy (non-hydrogen) atoms. The highest BCUT2D eigenvalue weighted by atomic mass is 16.4. The largest absolute Gasteiger partial charge is 0.391 e. The highest BCUT2D eigenvalue weighted by Crippen LogP contribution is 2.03. The zero-order valence-electron chi connectivity index (χ0n) is 12.2. The molecule has 0 saturated heterocycles. The predicted octanol–water partition coefficient (Wildman–Crippen LogP) is -4.70. The molecule has 8 atom stereocenters. The molecule has 10 heteroatoms. The molecule has 0 aliphatic heterocycles. The maximum absolute atomic E-state index is 9.87. The van der Waals surface area contributed by atoms with Gasteiger partial charge in [0.05, 0.1) is 12.2 Å². The Morgan fingerprint density at radius 1 is 0.545 bits per heavy atom. The van der Waals surface area contributed by atoms with Crippen LogP contribution in [-0.2, 0) is 9.59 Å². The van der Waals surface area contributed by atoms with E-state index in [1.165, 1.54) is 13.8 Å². The van der Waals surface area contributed by atoms with Gasteiger partial charge in [-0.05, 0) is 13.8 Å². The van der Waals surface area contributed by atoms with Gasteiger partial charge in [-0.2, -0.15) is 0 Å². The number of hydrogen-bond acceptors (Lipinski definition) is 10. The Hall–Kier alpha value is -0.980. The minimum absolute atomic E-state index is 0.0935. The molecule has 0 heterocycles. The quantitative estimate of drug-likeness (QED) is 0.200. The van der Waals surface area contributed by atoms with Gasteiger partial charge in [0, 0.05) is 0 Å². The van der Waals surface area contributed by atoms with Gasteiger partial charge in [-0.3, -0.25) is 0 Å². The van der Waals surface area contributed by atoms with Crippen LogP contribution in [0.5, 0.6) is 0 Å². The monoisotopic (exact) mass is 328 g/mol. The Morgan fingerprint density at radius 3 is 0.909 bits per heavy atom. The van der Waals surface area contributed by atoms with Crippen molar-refractivity contribution in [1.29, 1.82) is 0 Å². The van der Waals surface area contributed by atoms with Gasteiger partial charge in [0.1, 0.15) is 36.6 Å². The fourth-order valence-corrected chi connectivity index (χ4v) is 1.14. The van der Waals surface area contributed by atoms with E-state index in [1.54, 1.807) is 0 Å². The van der Waals surface area contributed by atoms with Crippen molar-refractivity contribution in [2.24, 2.45) is 0 Å². The second kappa shape index (κ2) is 11.6. The van der Waals surface area contributed by atoms with Crippen LogP contribution in [0.3, 0.4) is 0 Å². The van der Waals surface area contributed by atoms with Gasteiger partial charge < -0.3 is 50.4 Å². The summed E-state index contributed by atoms with van der Waals surface area (Å²) in [6.45, 7) is 2.48. The third kappa shape index (κ3) is 8.46. The highest BCUT2D eigenvalue weighted by Gasteiger charge is 2.28. The van der Waals surface area contributed by atoms with Gasteiger partial charge in [-0.15, -0.1) is 0 Å². The molecule has 0 amide bonds. The summed E-state index contributed by atoms with van der Waals surface area (Å²) in [5.41, 5.74) is 0. The minimum atomic E-state index is -1.65. The fraction of sp³-hybridized carbons (Fsp3) is 0.833. The van der Waals surface area contributed by atoms with Crippen LogP contribution in [0.1, 0.15) is 13.8 Å². The number of aliphatic hydroxyl groups excluding tert-OH is 8. The lowest BCUT2D eigenvalue weighted by atomic mass is 10.1. The average molecular weight is 328 g/mol. The summed E-state index contributed by atoms with van der Waals surface area (Å²) >= 11 is 0. The van der Waals surface area contributed by atoms with Crippen LogP contribution in [0, 0.1) is 0 Å². The maximum Gasteiger partial charge on any atom is 0.151 e. The number of hydrogen-bond donors (Lipinski definition) is 8. The van der Waals surface area contributed by atoms with Crippen LogP contribution in [0.25, 0.3) is 0 Å². The van der Waals surface area contributed by atoms with Gasteiger partial charge in [-0.1, -0.05) is 0 Å². The molecule has 8 N–H and O–H groups in total. The summed E-state index contributed by atoms with van der Waals surface area (Å²) in [6.07, 6.45) is -11.8. The molecule has 0 bridgehead atoms. The van der Waals surface area contributed by atoms with E-state index in [-0.39, 0.29) is 12.6 Å². The normalized spacial score (nSPS) is 21.9. The molecule has 0 rings (SSSR count). The van der Waals surface area contributed by atoms with Gasteiger partial charge in [0.25, 0.3) is 0 Å². The number of aliphatic hydroxyl groups is 8. The molecular formula is C12H24O10. The lowest BCUT2D eigenvalue weighted by Crippen LogP contribution is -2.43. The van der Waals surface area contributed by atoms with Gasteiger partial charge in [-0.25, -0.2) is 0 Å². The van der Waals surface area contributed by atoms with Crippen LogP contribution < -0.4 is 0 Å². The number of aldehydes is 2. The third-order valence-corrected chi connectivity index (χ3v) is 2.67. The van der Waals surface area contributed by atoms with Crippen LogP contribution in [-0.4, -0.2) is 102 Å². The summed E-state index contributed by atoms with van der Waals surface area (Å²) in [4.78, 5) is 19.7. The molecule has 0 radical (unpaired) electrons. The van der Waals surface area contributed by atoms with E-state index in [2.05, 4.69) is 0 Å². The van der Waals surface area contributed by atoms with E-state index < -0.39 is 48.8 Å². The SMILES string of the molecule is C[C@@H](O)[C@@H](O)[C@H](O)[C@H](O)C=O.C[C@@H](O)[C@@H](O)[C@H](O)[C@H](O)C=O. The fourth-order valence-electron chi connectivity index (χ4n) is 1.14. The predicted molar refractivity (Wildman–Crippen MR) is 71.5 cm³/mol. The van der Waals surface area contributed by atoms with Crippen LogP contribution in [0.15, 0.2) is 0 Å². The highest BCUT2D eigenvalue weighted by molar-refractivity contribution is 5.57. The summed E-state index contributed by atoms with van der Waals surface area (Å²) in [5.74, 6) is 0. The Kier molecular flexibility index (Phi) is 12.2. The molecule has 0 fully saturated rings. The number of rotatable bonds is 8. The average Bonchev–Trinajstić information content (AvgIpc) is 2.50. The molecule has 0 aliphatic rings. The van der Waals surface area contributed by atoms with Crippen LogP contribution in [0.4, 0.5) is 0 Å². The molecular weight excluding hydrogens is 304 g/mol. The molecule has 0 saturated carbocycles. The van der Waals surface area contributed by atoms with E-state index in [0.29, 0.717) is 0 Å². The first-order chi connectivity index (χ1) is 10.0.